The van der Waals surface area contributed by atoms with Crippen molar-refractivity contribution in [2.45, 2.75) is 38.8 Å². The lowest BCUT2D eigenvalue weighted by molar-refractivity contribution is -0.129. The minimum absolute atomic E-state index is 0.00256. The Morgan fingerprint density at radius 3 is 2.50 bits per heavy atom. The molecule has 54 heavy (non-hydrogen) atoms. The summed E-state index contributed by atoms with van der Waals surface area (Å²) in [6, 6.07) is 18.5. The van der Waals surface area contributed by atoms with Crippen LogP contribution in [-0.4, -0.2) is 47.7 Å². The number of nitrogens with zero attached hydrogens (tertiary/aromatic N) is 6. The number of aromatic hydroxyl groups is 1. The van der Waals surface area contributed by atoms with Crippen LogP contribution in [0.5, 0.6) is 11.5 Å². The molecule has 1 aliphatic carbocycles. The van der Waals surface area contributed by atoms with Crippen LogP contribution in [0.1, 0.15) is 36.4 Å². The van der Waals surface area contributed by atoms with Crippen LogP contribution < -0.4 is 21.0 Å². The third-order valence-corrected chi connectivity index (χ3v) is 13.2. The van der Waals surface area contributed by atoms with Crippen LogP contribution in [-0.2, 0) is 23.2 Å². The van der Waals surface area contributed by atoms with Crippen molar-refractivity contribution in [2.24, 2.45) is 18.4 Å². The minimum atomic E-state index is -1.38. The Balaban J connectivity index is 1.21. The fourth-order valence-electron chi connectivity index (χ4n) is 8.80. The lowest BCUT2D eigenvalue weighted by atomic mass is 9.56. The number of fused-ring (bicyclic) bond motifs is 5. The molecule has 274 valence electrons. The summed E-state index contributed by atoms with van der Waals surface area (Å²) in [5.74, 6) is -2.53. The highest BCUT2D eigenvalue weighted by atomic mass is 35.5. The lowest BCUT2D eigenvalue weighted by Crippen LogP contribution is -2.49. The minimum Gasteiger partial charge on any atom is -0.503 e. The van der Waals surface area contributed by atoms with E-state index in [1.54, 1.807) is 73.8 Å². The standard InChI is InChI=1S/C39H32Cl2N6O6S/c1-19-24-16-21(40)10-11-30(24)54-34(19)27-18-31(43(3)42-27)46-35(49)25-17-28-23(12-13-44-37(51)45(38(52)47(28)44)22-8-6-5-7-9-22)32(39(25,2)36(46)50)20-14-26(41)33(48)29(15-20)53-4/h5-12,14-16,18,25,28,32,48H,13,17H2,1-4H3/t25-,28+,32-,39+/m0/s1. The number of carbonyl (C=O) groups excluding carboxylic acids is 2. The van der Waals surface area contributed by atoms with Gasteiger partial charge in [0.1, 0.15) is 11.5 Å². The Morgan fingerprint density at radius 2 is 1.76 bits per heavy atom. The number of phenolic OH excluding ortho intramolecular Hbond substituents is 1. The molecule has 2 amide bonds. The van der Waals surface area contributed by atoms with Crippen LogP contribution in [0.4, 0.5) is 5.82 Å². The molecule has 3 aromatic heterocycles. The molecule has 0 unspecified atom stereocenters. The van der Waals surface area contributed by atoms with E-state index >= 15 is 4.79 Å². The van der Waals surface area contributed by atoms with E-state index in [4.69, 9.17) is 33.0 Å². The first-order valence-corrected chi connectivity index (χ1v) is 18.8. The second-order valence-electron chi connectivity index (χ2n) is 14.1. The van der Waals surface area contributed by atoms with Gasteiger partial charge in [-0.2, -0.15) is 5.10 Å². The number of benzene rings is 3. The molecule has 9 rings (SSSR count). The van der Waals surface area contributed by atoms with Gasteiger partial charge in [0.15, 0.2) is 11.5 Å². The quantitative estimate of drug-likeness (QED) is 0.154. The summed E-state index contributed by atoms with van der Waals surface area (Å²) < 4.78 is 12.0. The number of methoxy groups -OCH3 is 1. The monoisotopic (exact) mass is 782 g/mol. The van der Waals surface area contributed by atoms with E-state index in [0.717, 1.165) is 25.1 Å². The molecule has 6 aromatic rings. The van der Waals surface area contributed by atoms with Gasteiger partial charge in [-0.3, -0.25) is 14.3 Å². The summed E-state index contributed by atoms with van der Waals surface area (Å²) in [4.78, 5) is 60.1. The smallest absolute Gasteiger partial charge is 0.352 e. The van der Waals surface area contributed by atoms with Crippen LogP contribution in [0.25, 0.3) is 26.3 Å². The average Bonchev–Trinajstić information content (AvgIpc) is 3.83. The second-order valence-corrected chi connectivity index (χ2v) is 16.0. The number of anilines is 1. The van der Waals surface area contributed by atoms with Gasteiger partial charge in [-0.05, 0) is 84.8 Å². The maximum absolute atomic E-state index is 15.1. The maximum atomic E-state index is 15.1. The molecule has 3 aliphatic rings. The maximum Gasteiger partial charge on any atom is 0.352 e. The molecule has 15 heteroatoms. The Bertz CT molecular complexity index is 2760. The first-order valence-electron chi connectivity index (χ1n) is 17.2. The van der Waals surface area contributed by atoms with Crippen LogP contribution in [0.2, 0.25) is 10.0 Å². The van der Waals surface area contributed by atoms with Gasteiger partial charge >= 0.3 is 11.4 Å². The van der Waals surface area contributed by atoms with Crippen LogP contribution in [0, 0.1) is 18.3 Å². The number of imide groups is 1. The number of allylic oxidation sites excluding steroid dienone is 2. The van der Waals surface area contributed by atoms with Gasteiger partial charge in [0.2, 0.25) is 11.8 Å². The van der Waals surface area contributed by atoms with Gasteiger partial charge in [0.25, 0.3) is 0 Å². The highest BCUT2D eigenvalue weighted by Gasteiger charge is 2.66. The number of aromatic nitrogens is 5. The molecule has 0 spiro atoms. The van der Waals surface area contributed by atoms with Gasteiger partial charge < -0.3 is 9.84 Å². The number of thiophene rings is 1. The predicted octanol–water partition coefficient (Wildman–Crippen LogP) is 6.61. The third kappa shape index (κ3) is 4.64. The van der Waals surface area contributed by atoms with Crippen molar-refractivity contribution in [1.82, 2.24) is 23.7 Å². The SMILES string of the molecule is COc1cc([C@H]2C3=CCn4c(=O)n(-c5ccccc5)c(=O)n4[C@@H]3C[C@H]3C(=O)N(c4cc(-c5sc6ccc(Cl)cc6c5C)nn4C)C(=O)[C@@]23C)cc(Cl)c1O. The van der Waals surface area contributed by atoms with Gasteiger partial charge in [0.05, 0.1) is 46.6 Å². The van der Waals surface area contributed by atoms with E-state index in [9.17, 15) is 19.5 Å². The summed E-state index contributed by atoms with van der Waals surface area (Å²) >= 11 is 14.4. The molecule has 12 nitrogen and oxygen atoms in total. The molecule has 1 N–H and O–H groups in total. The summed E-state index contributed by atoms with van der Waals surface area (Å²) in [6.07, 6.45) is 1.93. The summed E-state index contributed by atoms with van der Waals surface area (Å²) in [5.41, 5.74) is 0.730. The van der Waals surface area contributed by atoms with E-state index < -0.39 is 46.5 Å². The highest BCUT2D eigenvalue weighted by Crippen LogP contribution is 2.62. The predicted molar refractivity (Wildman–Crippen MR) is 206 cm³/mol. The molecule has 3 aromatic carbocycles. The number of rotatable bonds is 5. The number of ether oxygens (including phenoxy) is 1. The lowest BCUT2D eigenvalue weighted by Gasteiger charge is -2.47. The molecule has 1 saturated heterocycles. The number of phenols is 1. The van der Waals surface area contributed by atoms with Gasteiger partial charge in [-0.15, -0.1) is 11.3 Å². The number of hydrogen-bond donors (Lipinski definition) is 1. The fraction of sp³-hybridized carbons (Fsp3) is 0.256. The molecule has 1 saturated carbocycles. The molecule has 0 bridgehead atoms. The number of hydrogen-bond acceptors (Lipinski definition) is 8. The largest absolute Gasteiger partial charge is 0.503 e. The Hall–Kier alpha value is -5.37. The zero-order chi connectivity index (χ0) is 38.0. The van der Waals surface area contributed by atoms with Gasteiger partial charge in [0, 0.05) is 28.8 Å². The molecule has 5 heterocycles. The number of halogens is 2. The summed E-state index contributed by atoms with van der Waals surface area (Å²) in [6.45, 7) is 3.81. The van der Waals surface area contributed by atoms with Crippen LogP contribution in [0.15, 0.2) is 88.0 Å². The molecule has 2 fully saturated rings. The number of aryl methyl sites for hydroxylation is 2. The van der Waals surface area contributed by atoms with Gasteiger partial charge in [-0.1, -0.05) is 47.5 Å². The summed E-state index contributed by atoms with van der Waals surface area (Å²) in [5, 5.41) is 17.1. The Morgan fingerprint density at radius 1 is 1.00 bits per heavy atom. The van der Waals surface area contributed by atoms with Crippen LogP contribution in [0.3, 0.4) is 0 Å². The van der Waals surface area contributed by atoms with Crippen molar-refractivity contribution < 1.29 is 19.4 Å². The normalized spacial score (nSPS) is 22.0. The zero-order valence-corrected chi connectivity index (χ0v) is 31.7. The molecule has 4 atom stereocenters. The molecular formula is C39H32Cl2N6O6S. The molecule has 0 radical (unpaired) electrons. The average molecular weight is 784 g/mol. The number of carbonyl (C=O) groups is 2. The molecule has 2 aliphatic heterocycles. The topological polar surface area (TPSA) is 134 Å². The van der Waals surface area contributed by atoms with E-state index in [-0.39, 0.29) is 29.5 Å². The number of para-hydroxylation sites is 1. The third-order valence-electron chi connectivity index (χ3n) is 11.4. The second kappa shape index (κ2) is 12.1. The van der Waals surface area contributed by atoms with Crippen molar-refractivity contribution in [3.63, 3.8) is 0 Å². The zero-order valence-electron chi connectivity index (χ0n) is 29.4. The summed E-state index contributed by atoms with van der Waals surface area (Å²) in [7, 11) is 3.09. The van der Waals surface area contributed by atoms with E-state index in [1.807, 2.05) is 31.2 Å². The fourth-order valence-corrected chi connectivity index (χ4v) is 10.3. The van der Waals surface area contributed by atoms with Crippen molar-refractivity contribution in [3.05, 3.63) is 121 Å². The van der Waals surface area contributed by atoms with E-state index in [1.165, 1.54) is 26.1 Å². The van der Waals surface area contributed by atoms with Crippen molar-refractivity contribution >= 4 is 62.3 Å². The first-order chi connectivity index (χ1) is 25.8. The van der Waals surface area contributed by atoms with Crippen molar-refractivity contribution in [2.75, 3.05) is 12.0 Å². The Labute approximate surface area is 321 Å². The van der Waals surface area contributed by atoms with Crippen molar-refractivity contribution in [3.8, 4) is 27.8 Å². The van der Waals surface area contributed by atoms with E-state index in [2.05, 4.69) is 0 Å². The number of amides is 2. The van der Waals surface area contributed by atoms with Gasteiger partial charge in [-0.25, -0.2) is 28.4 Å². The first kappa shape index (κ1) is 34.4. The highest BCUT2D eigenvalue weighted by molar-refractivity contribution is 7.22. The van der Waals surface area contributed by atoms with E-state index in [0.29, 0.717) is 33.4 Å². The Kier molecular flexibility index (Phi) is 7.69. The molecular weight excluding hydrogens is 751 g/mol. The van der Waals surface area contributed by atoms with Crippen molar-refractivity contribution in [1.29, 1.82) is 0 Å². The van der Waals surface area contributed by atoms with Crippen LogP contribution >= 0.6 is 34.5 Å².